The van der Waals surface area contributed by atoms with Gasteiger partial charge in [-0.2, -0.15) is 0 Å². The number of esters is 1. The molecule has 5 nitrogen and oxygen atoms in total. The number of carboxylic acid groups (broad SMARTS) is 1. The Hall–Kier alpha value is -2.04. The average Bonchev–Trinajstić information content (AvgIpc) is 2.28. The molecule has 1 aromatic rings. The molecule has 86 valence electrons. The molecule has 5 heteroatoms. The maximum absolute atomic E-state index is 11.3. The lowest BCUT2D eigenvalue weighted by molar-refractivity contribution is 0.0601. The molecule has 0 atom stereocenters. The predicted octanol–water partition coefficient (Wildman–Crippen LogP) is 1.60. The van der Waals surface area contributed by atoms with Crippen LogP contribution in [0.5, 0.6) is 0 Å². The Bertz CT molecular complexity index is 414. The summed E-state index contributed by atoms with van der Waals surface area (Å²) in [5, 5.41) is 11.8. The van der Waals surface area contributed by atoms with Gasteiger partial charge in [-0.25, -0.2) is 9.59 Å². The topological polar surface area (TPSA) is 75.6 Å². The molecule has 1 aromatic carbocycles. The van der Waals surface area contributed by atoms with Crippen LogP contribution in [0.1, 0.15) is 27.6 Å². The standard InChI is InChI=1S/C11H13NO4/c1-3-12-9-5-7(10(13)14)4-8(6-9)11(15)16-2/h4-6,12H,3H2,1-2H3,(H,13,14). The van der Waals surface area contributed by atoms with Crippen LogP contribution in [0.2, 0.25) is 0 Å². The first-order chi connectivity index (χ1) is 7.58. The minimum absolute atomic E-state index is 0.0545. The van der Waals surface area contributed by atoms with E-state index in [1.165, 1.54) is 19.2 Å². The summed E-state index contributed by atoms with van der Waals surface area (Å²) in [5.74, 6) is -1.63. The molecule has 0 unspecified atom stereocenters. The van der Waals surface area contributed by atoms with E-state index in [0.29, 0.717) is 12.2 Å². The second-order valence-electron chi connectivity index (χ2n) is 3.13. The molecule has 2 N–H and O–H groups in total. The van der Waals surface area contributed by atoms with Gasteiger partial charge in [-0.15, -0.1) is 0 Å². The number of methoxy groups -OCH3 is 1. The van der Waals surface area contributed by atoms with E-state index in [-0.39, 0.29) is 11.1 Å². The molecule has 0 saturated carbocycles. The monoisotopic (exact) mass is 223 g/mol. The summed E-state index contributed by atoms with van der Waals surface area (Å²) in [7, 11) is 1.25. The van der Waals surface area contributed by atoms with Crippen LogP contribution < -0.4 is 5.32 Å². The summed E-state index contributed by atoms with van der Waals surface area (Å²) in [6, 6.07) is 4.31. The van der Waals surface area contributed by atoms with Gasteiger partial charge in [-0.05, 0) is 25.1 Å². The zero-order chi connectivity index (χ0) is 12.1. The highest BCUT2D eigenvalue weighted by Gasteiger charge is 2.12. The van der Waals surface area contributed by atoms with Crippen molar-refractivity contribution in [2.24, 2.45) is 0 Å². The molecule has 0 fully saturated rings. The second kappa shape index (κ2) is 5.16. The third-order valence-corrected chi connectivity index (χ3v) is 1.98. The fourth-order valence-electron chi connectivity index (χ4n) is 1.29. The van der Waals surface area contributed by atoms with Crippen molar-refractivity contribution in [3.63, 3.8) is 0 Å². The van der Waals surface area contributed by atoms with E-state index in [0.717, 1.165) is 0 Å². The molecule has 0 bridgehead atoms. The first-order valence-electron chi connectivity index (χ1n) is 4.79. The number of carbonyl (C=O) groups excluding carboxylic acids is 1. The normalized spacial score (nSPS) is 9.62. The SMILES string of the molecule is CCNc1cc(C(=O)O)cc(C(=O)OC)c1. The van der Waals surface area contributed by atoms with Gasteiger partial charge < -0.3 is 15.2 Å². The van der Waals surface area contributed by atoms with E-state index >= 15 is 0 Å². The second-order valence-corrected chi connectivity index (χ2v) is 3.13. The zero-order valence-electron chi connectivity index (χ0n) is 9.11. The quantitative estimate of drug-likeness (QED) is 0.758. The molecule has 0 saturated heterocycles. The highest BCUT2D eigenvalue weighted by molar-refractivity contribution is 5.96. The number of benzene rings is 1. The van der Waals surface area contributed by atoms with Crippen LogP contribution in [0.15, 0.2) is 18.2 Å². The van der Waals surface area contributed by atoms with Crippen molar-refractivity contribution in [3.05, 3.63) is 29.3 Å². The number of nitrogens with one attached hydrogen (secondary N) is 1. The van der Waals surface area contributed by atoms with Gasteiger partial charge in [-0.1, -0.05) is 0 Å². The first kappa shape index (κ1) is 12.0. The van der Waals surface area contributed by atoms with E-state index in [1.807, 2.05) is 6.92 Å². The Morgan fingerprint density at radius 3 is 2.44 bits per heavy atom. The summed E-state index contributed by atoms with van der Waals surface area (Å²) in [6.07, 6.45) is 0. The number of carbonyl (C=O) groups is 2. The van der Waals surface area contributed by atoms with Gasteiger partial charge in [0.25, 0.3) is 0 Å². The predicted molar refractivity (Wildman–Crippen MR) is 58.9 cm³/mol. The van der Waals surface area contributed by atoms with Gasteiger partial charge in [0.15, 0.2) is 0 Å². The van der Waals surface area contributed by atoms with Gasteiger partial charge in [0.1, 0.15) is 0 Å². The molecular formula is C11H13NO4. The van der Waals surface area contributed by atoms with Crippen LogP contribution in [0.3, 0.4) is 0 Å². The van der Waals surface area contributed by atoms with E-state index in [4.69, 9.17) is 5.11 Å². The van der Waals surface area contributed by atoms with Crippen molar-refractivity contribution in [2.75, 3.05) is 19.0 Å². The maximum Gasteiger partial charge on any atom is 0.337 e. The number of ether oxygens (including phenoxy) is 1. The number of hydrogen-bond acceptors (Lipinski definition) is 4. The molecule has 0 heterocycles. The van der Waals surface area contributed by atoms with E-state index < -0.39 is 11.9 Å². The molecule has 0 aromatic heterocycles. The number of aromatic carboxylic acids is 1. The Balaban J connectivity index is 3.18. The summed E-state index contributed by atoms with van der Waals surface area (Å²) >= 11 is 0. The van der Waals surface area contributed by atoms with Crippen molar-refractivity contribution < 1.29 is 19.4 Å². The van der Waals surface area contributed by atoms with Crippen molar-refractivity contribution >= 4 is 17.6 Å². The van der Waals surface area contributed by atoms with Crippen molar-refractivity contribution in [2.45, 2.75) is 6.92 Å². The van der Waals surface area contributed by atoms with E-state index in [2.05, 4.69) is 10.1 Å². The summed E-state index contributed by atoms with van der Waals surface area (Å²) in [6.45, 7) is 2.52. The zero-order valence-corrected chi connectivity index (χ0v) is 9.11. The number of rotatable bonds is 4. The maximum atomic E-state index is 11.3. The van der Waals surface area contributed by atoms with Gasteiger partial charge in [0.2, 0.25) is 0 Å². The molecule has 0 aliphatic heterocycles. The lowest BCUT2D eigenvalue weighted by Crippen LogP contribution is -2.07. The van der Waals surface area contributed by atoms with E-state index in [9.17, 15) is 9.59 Å². The van der Waals surface area contributed by atoms with Crippen LogP contribution in [-0.4, -0.2) is 30.7 Å². The lowest BCUT2D eigenvalue weighted by atomic mass is 10.1. The van der Waals surface area contributed by atoms with Crippen molar-refractivity contribution in [1.29, 1.82) is 0 Å². The van der Waals surface area contributed by atoms with Gasteiger partial charge in [-0.3, -0.25) is 0 Å². The number of hydrogen-bond donors (Lipinski definition) is 2. The van der Waals surface area contributed by atoms with Crippen LogP contribution in [0, 0.1) is 0 Å². The minimum Gasteiger partial charge on any atom is -0.478 e. The summed E-state index contributed by atoms with van der Waals surface area (Å²) in [5.41, 5.74) is 0.861. The van der Waals surface area contributed by atoms with Gasteiger partial charge in [0, 0.05) is 12.2 Å². The molecule has 0 aliphatic carbocycles. The fourth-order valence-corrected chi connectivity index (χ4v) is 1.29. The largest absolute Gasteiger partial charge is 0.478 e. The number of carboxylic acids is 1. The third-order valence-electron chi connectivity index (χ3n) is 1.98. The van der Waals surface area contributed by atoms with E-state index in [1.54, 1.807) is 6.07 Å². The molecule has 0 aliphatic rings. The van der Waals surface area contributed by atoms with Gasteiger partial charge in [0.05, 0.1) is 18.2 Å². The van der Waals surface area contributed by atoms with Crippen LogP contribution in [0.4, 0.5) is 5.69 Å². The summed E-state index contributed by atoms with van der Waals surface area (Å²) in [4.78, 5) is 22.1. The Morgan fingerprint density at radius 1 is 1.31 bits per heavy atom. The Morgan fingerprint density at radius 2 is 1.94 bits per heavy atom. The highest BCUT2D eigenvalue weighted by Crippen LogP contribution is 2.16. The lowest BCUT2D eigenvalue weighted by Gasteiger charge is -2.07. The summed E-state index contributed by atoms with van der Waals surface area (Å²) < 4.78 is 4.54. The molecule has 0 spiro atoms. The number of anilines is 1. The van der Waals surface area contributed by atoms with Crippen LogP contribution in [-0.2, 0) is 4.74 Å². The van der Waals surface area contributed by atoms with Crippen molar-refractivity contribution in [3.8, 4) is 0 Å². The highest BCUT2D eigenvalue weighted by atomic mass is 16.5. The third kappa shape index (κ3) is 2.73. The molecule has 0 amide bonds. The molecular weight excluding hydrogens is 210 g/mol. The average molecular weight is 223 g/mol. The van der Waals surface area contributed by atoms with Gasteiger partial charge >= 0.3 is 11.9 Å². The molecule has 16 heavy (non-hydrogen) atoms. The first-order valence-corrected chi connectivity index (χ1v) is 4.79. The van der Waals surface area contributed by atoms with Crippen LogP contribution >= 0.6 is 0 Å². The minimum atomic E-state index is -1.08. The smallest absolute Gasteiger partial charge is 0.337 e. The Kier molecular flexibility index (Phi) is 3.88. The Labute approximate surface area is 93.0 Å². The molecule has 0 radical (unpaired) electrons. The molecule has 1 rings (SSSR count). The van der Waals surface area contributed by atoms with Crippen molar-refractivity contribution in [1.82, 2.24) is 0 Å². The van der Waals surface area contributed by atoms with Crippen LogP contribution in [0.25, 0.3) is 0 Å². The fraction of sp³-hybridized carbons (Fsp3) is 0.273.